The molecule has 0 aliphatic carbocycles. The van der Waals surface area contributed by atoms with Crippen molar-refractivity contribution in [1.29, 1.82) is 0 Å². The van der Waals surface area contributed by atoms with Gasteiger partial charge in [-0.1, -0.05) is 13.3 Å². The van der Waals surface area contributed by atoms with E-state index in [0.717, 1.165) is 12.8 Å². The van der Waals surface area contributed by atoms with E-state index in [9.17, 15) is 0 Å². The third-order valence-electron chi connectivity index (χ3n) is 0.564. The maximum absolute atomic E-state index is 5.51. The molecule has 0 aromatic heterocycles. The Morgan fingerprint density at radius 3 is 2.00 bits per heavy atom. The van der Waals surface area contributed by atoms with Crippen molar-refractivity contribution in [1.82, 2.24) is 0 Å². The molecular weight excluding hydrogens is 147 g/mol. The van der Waals surface area contributed by atoms with Crippen molar-refractivity contribution in [3.05, 3.63) is 0 Å². The minimum Gasteiger partial charge on any atom is -0.107 e. The van der Waals surface area contributed by atoms with Gasteiger partial charge in [0.25, 0.3) is 0 Å². The van der Waals surface area contributed by atoms with Gasteiger partial charge < -0.3 is 0 Å². The SMILES string of the molecule is CCCC([Si])(Cl)Cl. The molecule has 3 radical (unpaired) electrons. The third-order valence-corrected chi connectivity index (χ3v) is 1.19. The van der Waals surface area contributed by atoms with Gasteiger partial charge in [0, 0.05) is 0 Å². The summed E-state index contributed by atoms with van der Waals surface area (Å²) in [5.74, 6) is 0. The predicted octanol–water partition coefficient (Wildman–Crippen LogP) is 2.09. The maximum Gasteiger partial charge on any atom is 0.0998 e. The Kier molecular flexibility index (Phi) is 3.29. The van der Waals surface area contributed by atoms with Crippen LogP contribution in [0.4, 0.5) is 0 Å². The first-order chi connectivity index (χ1) is 3.06. The van der Waals surface area contributed by atoms with Crippen LogP contribution in [0.1, 0.15) is 19.8 Å². The zero-order chi connectivity index (χ0) is 5.91. The molecule has 7 heavy (non-hydrogen) atoms. The van der Waals surface area contributed by atoms with Crippen LogP contribution in [0.15, 0.2) is 0 Å². The van der Waals surface area contributed by atoms with Crippen LogP contribution >= 0.6 is 23.2 Å². The summed E-state index contributed by atoms with van der Waals surface area (Å²) in [6, 6.07) is 0. The molecule has 0 aliphatic heterocycles. The van der Waals surface area contributed by atoms with E-state index >= 15 is 0 Å². The van der Waals surface area contributed by atoms with Gasteiger partial charge in [0.05, 0.1) is 14.2 Å². The first-order valence-corrected chi connectivity index (χ1v) is 3.44. The van der Waals surface area contributed by atoms with E-state index in [4.69, 9.17) is 23.2 Å². The highest BCUT2D eigenvalue weighted by atomic mass is 35.5. The molecule has 0 N–H and O–H groups in total. The molecule has 41 valence electrons. The predicted molar refractivity (Wildman–Crippen MR) is 35.1 cm³/mol. The highest BCUT2D eigenvalue weighted by Gasteiger charge is 2.13. The van der Waals surface area contributed by atoms with E-state index in [0.29, 0.717) is 0 Å². The Morgan fingerprint density at radius 1 is 1.57 bits per heavy atom. The Labute approximate surface area is 57.6 Å². The minimum atomic E-state index is -0.700. The van der Waals surface area contributed by atoms with Crippen molar-refractivity contribution < 1.29 is 0 Å². The third kappa shape index (κ3) is 6.80. The monoisotopic (exact) mass is 153 g/mol. The fraction of sp³-hybridized carbons (Fsp3) is 1.00. The smallest absolute Gasteiger partial charge is 0.0998 e. The molecular formula is C4H7Cl2Si. The van der Waals surface area contributed by atoms with Gasteiger partial charge in [-0.2, -0.15) is 0 Å². The lowest BCUT2D eigenvalue weighted by atomic mass is 10.4. The van der Waals surface area contributed by atoms with E-state index in [1.807, 2.05) is 6.92 Å². The largest absolute Gasteiger partial charge is 0.107 e. The molecule has 0 fully saturated rings. The van der Waals surface area contributed by atoms with Crippen molar-refractivity contribution in [3.63, 3.8) is 0 Å². The fourth-order valence-corrected chi connectivity index (χ4v) is 0.942. The van der Waals surface area contributed by atoms with Gasteiger partial charge in [-0.3, -0.25) is 0 Å². The van der Waals surface area contributed by atoms with Crippen molar-refractivity contribution in [2.24, 2.45) is 0 Å². The molecule has 0 bridgehead atoms. The molecule has 0 saturated heterocycles. The molecule has 0 heterocycles. The van der Waals surface area contributed by atoms with Crippen LogP contribution < -0.4 is 0 Å². The number of hydrogen-bond donors (Lipinski definition) is 0. The van der Waals surface area contributed by atoms with Gasteiger partial charge >= 0.3 is 0 Å². The lowest BCUT2D eigenvalue weighted by Gasteiger charge is -2.08. The molecule has 0 aromatic rings. The van der Waals surface area contributed by atoms with Crippen molar-refractivity contribution in [3.8, 4) is 0 Å². The topological polar surface area (TPSA) is 0 Å². The standard InChI is InChI=1S/C4H7Cl2Si/c1-2-3-4(5,6)7/h2-3H2,1H3. The van der Waals surface area contributed by atoms with E-state index in [-0.39, 0.29) is 0 Å². The van der Waals surface area contributed by atoms with Crippen LogP contribution in [0.5, 0.6) is 0 Å². The lowest BCUT2D eigenvalue weighted by Crippen LogP contribution is -2.10. The Morgan fingerprint density at radius 2 is 2.00 bits per heavy atom. The average molecular weight is 154 g/mol. The van der Waals surface area contributed by atoms with Crippen molar-refractivity contribution in [2.45, 2.75) is 23.7 Å². The van der Waals surface area contributed by atoms with Crippen LogP contribution in [0.25, 0.3) is 0 Å². The van der Waals surface area contributed by atoms with Gasteiger partial charge in [-0.15, -0.1) is 23.2 Å². The Balaban J connectivity index is 3.15. The van der Waals surface area contributed by atoms with Crippen LogP contribution in [-0.2, 0) is 0 Å². The van der Waals surface area contributed by atoms with E-state index in [2.05, 4.69) is 10.2 Å². The van der Waals surface area contributed by atoms with E-state index in [1.165, 1.54) is 0 Å². The fourth-order valence-electron chi connectivity index (χ4n) is 0.314. The molecule has 0 amide bonds. The van der Waals surface area contributed by atoms with Crippen LogP contribution in [-0.4, -0.2) is 14.2 Å². The molecule has 3 heteroatoms. The van der Waals surface area contributed by atoms with Crippen molar-refractivity contribution >= 4 is 33.4 Å². The summed E-state index contributed by atoms with van der Waals surface area (Å²) in [5, 5.41) is 0. The maximum atomic E-state index is 5.51. The highest BCUT2D eigenvalue weighted by molar-refractivity contribution is 6.65. The average Bonchev–Trinajstić information content (AvgIpc) is 1.30. The first kappa shape index (κ1) is 7.80. The number of halogens is 2. The summed E-state index contributed by atoms with van der Waals surface area (Å²) in [6.45, 7) is 2.03. The number of rotatable bonds is 2. The van der Waals surface area contributed by atoms with Gasteiger partial charge in [0.15, 0.2) is 0 Å². The second kappa shape index (κ2) is 2.95. The molecule has 0 spiro atoms. The van der Waals surface area contributed by atoms with Crippen LogP contribution in [0.2, 0.25) is 0 Å². The Hall–Kier alpha value is 0.797. The lowest BCUT2D eigenvalue weighted by molar-refractivity contribution is 0.821. The Bertz CT molecular complexity index is 48.1. The molecule has 0 atom stereocenters. The number of hydrogen-bond acceptors (Lipinski definition) is 0. The zero-order valence-electron chi connectivity index (χ0n) is 4.17. The summed E-state index contributed by atoms with van der Waals surface area (Å²) in [4.78, 5) is 0. The van der Waals surface area contributed by atoms with Crippen LogP contribution in [0, 0.1) is 0 Å². The number of alkyl halides is 2. The molecule has 0 aliphatic rings. The van der Waals surface area contributed by atoms with Gasteiger partial charge in [-0.05, 0) is 6.42 Å². The summed E-state index contributed by atoms with van der Waals surface area (Å²) in [5.41, 5.74) is 0. The summed E-state index contributed by atoms with van der Waals surface area (Å²) >= 11 is 11.0. The molecule has 0 saturated carbocycles. The minimum absolute atomic E-state index is 0.700. The van der Waals surface area contributed by atoms with E-state index < -0.39 is 3.96 Å². The highest BCUT2D eigenvalue weighted by Crippen LogP contribution is 2.21. The van der Waals surface area contributed by atoms with E-state index in [1.54, 1.807) is 0 Å². The summed E-state index contributed by atoms with van der Waals surface area (Å²) in [7, 11) is 3.12. The quantitative estimate of drug-likeness (QED) is 0.422. The van der Waals surface area contributed by atoms with Gasteiger partial charge in [0.1, 0.15) is 0 Å². The molecule has 0 nitrogen and oxygen atoms in total. The van der Waals surface area contributed by atoms with Crippen LogP contribution in [0.3, 0.4) is 0 Å². The first-order valence-electron chi connectivity index (χ1n) is 2.19. The normalized spacial score (nSPS) is 12.0. The second-order valence-corrected chi connectivity index (χ2v) is 4.43. The summed E-state index contributed by atoms with van der Waals surface area (Å²) < 4.78 is -0.700. The van der Waals surface area contributed by atoms with Crippen molar-refractivity contribution in [2.75, 3.05) is 0 Å². The molecule has 0 rings (SSSR count). The zero-order valence-corrected chi connectivity index (χ0v) is 6.68. The summed E-state index contributed by atoms with van der Waals surface area (Å²) in [6.07, 6.45) is 1.78. The molecule has 0 aromatic carbocycles. The second-order valence-electron chi connectivity index (χ2n) is 1.45. The van der Waals surface area contributed by atoms with Gasteiger partial charge in [-0.25, -0.2) is 0 Å². The molecule has 0 unspecified atom stereocenters. The van der Waals surface area contributed by atoms with Gasteiger partial charge in [0.2, 0.25) is 0 Å².